The molecule has 0 aliphatic heterocycles. The minimum absolute atomic E-state index is 0.415. The van der Waals surface area contributed by atoms with Crippen molar-refractivity contribution in [2.45, 2.75) is 46.0 Å². The van der Waals surface area contributed by atoms with E-state index in [2.05, 4.69) is 19.9 Å². The Bertz CT molecular complexity index is 1180. The fourth-order valence-corrected chi connectivity index (χ4v) is 5.09. The van der Waals surface area contributed by atoms with Crippen molar-refractivity contribution in [3.63, 3.8) is 0 Å². The summed E-state index contributed by atoms with van der Waals surface area (Å²) in [7, 11) is 4.86. The highest BCUT2D eigenvalue weighted by atomic mass is 16.5. The third kappa shape index (κ3) is 4.70. The lowest BCUT2D eigenvalue weighted by molar-refractivity contribution is 0.0731. The Morgan fingerprint density at radius 2 is 1.74 bits per heavy atom. The van der Waals surface area contributed by atoms with E-state index in [0.717, 1.165) is 29.2 Å². The molecule has 0 fully saturated rings. The molecular weight excluding hydrogens is 428 g/mol. The summed E-state index contributed by atoms with van der Waals surface area (Å²) in [5, 5.41) is 1.68. The van der Waals surface area contributed by atoms with Gasteiger partial charge in [-0.15, -0.1) is 0 Å². The molecular formula is C29H34O5. The van der Waals surface area contributed by atoms with Gasteiger partial charge in [0.1, 0.15) is 23.0 Å². The normalized spacial score (nSPS) is 17.2. The van der Waals surface area contributed by atoms with Gasteiger partial charge < -0.3 is 18.9 Å². The Morgan fingerprint density at radius 3 is 2.44 bits per heavy atom. The van der Waals surface area contributed by atoms with Crippen molar-refractivity contribution < 1.29 is 23.7 Å². The van der Waals surface area contributed by atoms with Gasteiger partial charge in [0, 0.05) is 6.07 Å². The van der Waals surface area contributed by atoms with Crippen molar-refractivity contribution in [3.8, 4) is 23.0 Å². The first-order valence-corrected chi connectivity index (χ1v) is 12.1. The molecule has 5 nitrogen and oxygen atoms in total. The maximum Gasteiger partial charge on any atom is 0.343 e. The summed E-state index contributed by atoms with van der Waals surface area (Å²) in [4.78, 5) is 13.3. The molecule has 0 N–H and O–H groups in total. The fourth-order valence-electron chi connectivity index (χ4n) is 5.09. The SMILES string of the molecule is CCCCC1Cc2c(cc(OC)cc2OC(=O)c2cc(OC)c3c(OC)cccc3c2)CC1C. The zero-order chi connectivity index (χ0) is 24.2. The quantitative estimate of drug-likeness (QED) is 0.278. The number of unbranched alkanes of at least 4 members (excludes halogenated alkanes) is 1. The Kier molecular flexibility index (Phi) is 7.30. The highest BCUT2D eigenvalue weighted by Crippen LogP contribution is 2.41. The number of methoxy groups -OCH3 is 3. The van der Waals surface area contributed by atoms with E-state index < -0.39 is 5.97 Å². The number of ether oxygens (including phenoxy) is 4. The number of fused-ring (bicyclic) bond motifs is 2. The minimum Gasteiger partial charge on any atom is -0.497 e. The summed E-state index contributed by atoms with van der Waals surface area (Å²) < 4.78 is 22.6. The summed E-state index contributed by atoms with van der Waals surface area (Å²) in [6.07, 6.45) is 5.49. The number of esters is 1. The number of hydrogen-bond acceptors (Lipinski definition) is 5. The second kappa shape index (κ2) is 10.4. The maximum atomic E-state index is 13.3. The van der Waals surface area contributed by atoms with E-state index in [1.807, 2.05) is 30.3 Å². The second-order valence-electron chi connectivity index (χ2n) is 9.18. The van der Waals surface area contributed by atoms with Crippen LogP contribution in [0.2, 0.25) is 0 Å². The first-order chi connectivity index (χ1) is 16.5. The van der Waals surface area contributed by atoms with Crippen LogP contribution in [0.1, 0.15) is 54.6 Å². The van der Waals surface area contributed by atoms with Gasteiger partial charge >= 0.3 is 5.97 Å². The lowest BCUT2D eigenvalue weighted by atomic mass is 9.74. The van der Waals surface area contributed by atoms with Crippen LogP contribution in [-0.4, -0.2) is 27.3 Å². The van der Waals surface area contributed by atoms with Gasteiger partial charge in [-0.1, -0.05) is 38.8 Å². The van der Waals surface area contributed by atoms with Crippen molar-refractivity contribution in [3.05, 3.63) is 59.2 Å². The summed E-state index contributed by atoms with van der Waals surface area (Å²) in [5.74, 6) is 3.34. The van der Waals surface area contributed by atoms with E-state index >= 15 is 0 Å². The van der Waals surface area contributed by atoms with E-state index in [4.69, 9.17) is 18.9 Å². The number of carbonyl (C=O) groups is 1. The smallest absolute Gasteiger partial charge is 0.343 e. The monoisotopic (exact) mass is 462 g/mol. The van der Waals surface area contributed by atoms with E-state index in [1.54, 1.807) is 27.4 Å². The Morgan fingerprint density at radius 1 is 0.941 bits per heavy atom. The third-order valence-corrected chi connectivity index (χ3v) is 7.03. The number of carbonyl (C=O) groups excluding carboxylic acids is 1. The van der Waals surface area contributed by atoms with Crippen LogP contribution in [0.25, 0.3) is 10.8 Å². The molecule has 0 saturated heterocycles. The topological polar surface area (TPSA) is 54.0 Å². The van der Waals surface area contributed by atoms with Crippen LogP contribution < -0.4 is 18.9 Å². The molecule has 3 aromatic rings. The van der Waals surface area contributed by atoms with E-state index in [1.165, 1.54) is 24.8 Å². The Labute approximate surface area is 202 Å². The van der Waals surface area contributed by atoms with Gasteiger partial charge in [-0.25, -0.2) is 4.79 Å². The van der Waals surface area contributed by atoms with Gasteiger partial charge in [0.15, 0.2) is 0 Å². The predicted molar refractivity (Wildman–Crippen MR) is 135 cm³/mol. The van der Waals surface area contributed by atoms with Crippen LogP contribution >= 0.6 is 0 Å². The van der Waals surface area contributed by atoms with Crippen molar-refractivity contribution in [2.24, 2.45) is 11.8 Å². The summed E-state index contributed by atoms with van der Waals surface area (Å²) in [5.41, 5.74) is 2.77. The number of benzene rings is 3. The van der Waals surface area contributed by atoms with Crippen molar-refractivity contribution in [1.82, 2.24) is 0 Å². The molecule has 0 aromatic heterocycles. The van der Waals surface area contributed by atoms with E-state index in [-0.39, 0.29) is 0 Å². The molecule has 0 bridgehead atoms. The van der Waals surface area contributed by atoms with Gasteiger partial charge in [0.05, 0.1) is 32.3 Å². The molecule has 0 heterocycles. The summed E-state index contributed by atoms with van der Waals surface area (Å²) in [6.45, 7) is 4.55. The molecule has 0 spiro atoms. The lowest BCUT2D eigenvalue weighted by Crippen LogP contribution is -2.24. The van der Waals surface area contributed by atoms with Gasteiger partial charge in [0.2, 0.25) is 0 Å². The summed E-state index contributed by atoms with van der Waals surface area (Å²) in [6, 6.07) is 13.2. The van der Waals surface area contributed by atoms with Gasteiger partial charge in [-0.3, -0.25) is 0 Å². The van der Waals surface area contributed by atoms with Crippen LogP contribution in [0.15, 0.2) is 42.5 Å². The second-order valence-corrected chi connectivity index (χ2v) is 9.18. The van der Waals surface area contributed by atoms with Gasteiger partial charge in [-0.05, 0) is 71.9 Å². The van der Waals surface area contributed by atoms with Gasteiger partial charge in [-0.2, -0.15) is 0 Å². The molecule has 2 unspecified atom stereocenters. The Hall–Kier alpha value is -3.21. The first-order valence-electron chi connectivity index (χ1n) is 12.1. The van der Waals surface area contributed by atoms with Crippen LogP contribution in [0.4, 0.5) is 0 Å². The largest absolute Gasteiger partial charge is 0.497 e. The molecule has 34 heavy (non-hydrogen) atoms. The predicted octanol–water partition coefficient (Wildman–Crippen LogP) is 6.63. The first kappa shape index (κ1) is 23.9. The fraction of sp³-hybridized carbons (Fsp3) is 0.414. The molecule has 0 amide bonds. The lowest BCUT2D eigenvalue weighted by Gasteiger charge is -2.32. The average Bonchev–Trinajstić information content (AvgIpc) is 2.86. The van der Waals surface area contributed by atoms with E-state index in [0.29, 0.717) is 40.4 Å². The van der Waals surface area contributed by atoms with Crippen LogP contribution in [0.5, 0.6) is 23.0 Å². The zero-order valence-corrected chi connectivity index (χ0v) is 20.8. The molecule has 5 heteroatoms. The molecule has 0 radical (unpaired) electrons. The number of hydrogen-bond donors (Lipinski definition) is 0. The van der Waals surface area contributed by atoms with Crippen LogP contribution in [0, 0.1) is 11.8 Å². The molecule has 2 atom stereocenters. The van der Waals surface area contributed by atoms with Crippen LogP contribution in [-0.2, 0) is 12.8 Å². The zero-order valence-electron chi connectivity index (χ0n) is 20.8. The molecule has 0 saturated carbocycles. The van der Waals surface area contributed by atoms with Gasteiger partial charge in [0.25, 0.3) is 0 Å². The maximum absolute atomic E-state index is 13.3. The highest BCUT2D eigenvalue weighted by Gasteiger charge is 2.29. The van der Waals surface area contributed by atoms with Crippen molar-refractivity contribution in [1.29, 1.82) is 0 Å². The molecule has 4 rings (SSSR count). The van der Waals surface area contributed by atoms with E-state index in [9.17, 15) is 4.79 Å². The standard InChI is InChI=1S/C29H34O5/c1-6-7-9-19-15-24-21(12-18(19)2)14-23(31-3)17-26(24)34-29(30)22-13-20-10-8-11-25(32-4)28(20)27(16-22)33-5/h8,10-11,13-14,16-19H,6-7,9,12,15H2,1-5H3. The summed E-state index contributed by atoms with van der Waals surface area (Å²) >= 11 is 0. The third-order valence-electron chi connectivity index (χ3n) is 7.03. The number of rotatable bonds is 8. The molecule has 1 aliphatic carbocycles. The van der Waals surface area contributed by atoms with Crippen molar-refractivity contribution in [2.75, 3.05) is 21.3 Å². The van der Waals surface area contributed by atoms with Crippen molar-refractivity contribution >= 4 is 16.7 Å². The average molecular weight is 463 g/mol. The van der Waals surface area contributed by atoms with Crippen LogP contribution in [0.3, 0.4) is 0 Å². The molecule has 3 aromatic carbocycles. The highest BCUT2D eigenvalue weighted by molar-refractivity contribution is 6.01. The Balaban J connectivity index is 1.70. The minimum atomic E-state index is -0.415. The molecule has 1 aliphatic rings. The molecule has 180 valence electrons.